The molecule has 0 spiro atoms. The van der Waals surface area contributed by atoms with Gasteiger partial charge in [-0.15, -0.1) is 0 Å². The van der Waals surface area contributed by atoms with Crippen LogP contribution in [0.5, 0.6) is 5.88 Å². The van der Waals surface area contributed by atoms with Gasteiger partial charge in [-0.2, -0.15) is 0 Å². The highest BCUT2D eigenvalue weighted by Crippen LogP contribution is 2.41. The number of rotatable bonds is 5. The quantitative estimate of drug-likeness (QED) is 0.556. The highest BCUT2D eigenvalue weighted by molar-refractivity contribution is 6.31. The van der Waals surface area contributed by atoms with E-state index in [0.29, 0.717) is 34.5 Å². The molecule has 0 saturated carbocycles. The number of hydrogen-bond acceptors (Lipinski definition) is 5. The maximum Gasteiger partial charge on any atom is 0.255 e. The molecule has 0 aliphatic carbocycles. The summed E-state index contributed by atoms with van der Waals surface area (Å²) in [6.45, 7) is 0.435. The van der Waals surface area contributed by atoms with Crippen LogP contribution < -0.4 is 4.74 Å². The molecule has 2 aliphatic heterocycles. The van der Waals surface area contributed by atoms with E-state index >= 15 is 0 Å². The second kappa shape index (κ2) is 8.82. The third-order valence-corrected chi connectivity index (χ3v) is 6.60. The van der Waals surface area contributed by atoms with Gasteiger partial charge in [-0.3, -0.25) is 4.79 Å². The lowest BCUT2D eigenvalue weighted by Gasteiger charge is -2.40. The smallest absolute Gasteiger partial charge is 0.255 e. The van der Waals surface area contributed by atoms with Crippen molar-refractivity contribution in [3.05, 3.63) is 71.4 Å². The molecule has 1 amide bonds. The molecule has 5 rings (SSSR count). The molecule has 2 fully saturated rings. The van der Waals surface area contributed by atoms with Crippen LogP contribution in [0.15, 0.2) is 55.0 Å². The van der Waals surface area contributed by atoms with Gasteiger partial charge in [0.15, 0.2) is 5.82 Å². The highest BCUT2D eigenvalue weighted by atomic mass is 35.5. The Morgan fingerprint density at radius 2 is 1.91 bits per heavy atom. The summed E-state index contributed by atoms with van der Waals surface area (Å²) < 4.78 is 18.9. The predicted octanol–water partition coefficient (Wildman–Crippen LogP) is 4.79. The van der Waals surface area contributed by atoms with Crippen molar-refractivity contribution in [1.29, 1.82) is 0 Å². The zero-order valence-electron chi connectivity index (χ0n) is 17.3. The number of halogens is 2. The normalized spacial score (nSPS) is 22.1. The number of amides is 1. The zero-order chi connectivity index (χ0) is 22.1. The van der Waals surface area contributed by atoms with Crippen LogP contribution in [0.3, 0.4) is 0 Å². The van der Waals surface area contributed by atoms with E-state index in [0.717, 1.165) is 31.9 Å². The second-order valence-electron chi connectivity index (χ2n) is 8.24. The first-order valence-corrected chi connectivity index (χ1v) is 11.1. The summed E-state index contributed by atoms with van der Waals surface area (Å²) in [5.41, 5.74) is 1.19. The molecule has 32 heavy (non-hydrogen) atoms. The van der Waals surface area contributed by atoms with Gasteiger partial charge in [-0.1, -0.05) is 11.6 Å². The maximum absolute atomic E-state index is 13.8. The average Bonchev–Trinajstić information content (AvgIpc) is 3.13. The van der Waals surface area contributed by atoms with E-state index in [4.69, 9.17) is 16.3 Å². The average molecular weight is 453 g/mol. The Balaban J connectivity index is 1.39. The Bertz CT molecular complexity index is 1110. The Morgan fingerprint density at radius 1 is 1.09 bits per heavy atom. The largest absolute Gasteiger partial charge is 0.477 e. The van der Waals surface area contributed by atoms with Gasteiger partial charge < -0.3 is 9.64 Å². The number of pyridine rings is 1. The topological polar surface area (TPSA) is 68.2 Å². The number of hydrogen-bond donors (Lipinski definition) is 0. The second-order valence-corrected chi connectivity index (χ2v) is 8.67. The molecule has 2 saturated heterocycles. The molecule has 3 aromatic rings. The van der Waals surface area contributed by atoms with Gasteiger partial charge >= 0.3 is 0 Å². The van der Waals surface area contributed by atoms with Gasteiger partial charge in [0.25, 0.3) is 5.91 Å². The minimum absolute atomic E-state index is 0.0490. The molecular weight excluding hydrogens is 431 g/mol. The lowest BCUT2D eigenvalue weighted by atomic mass is 9.90. The molecule has 0 radical (unpaired) electrons. The van der Waals surface area contributed by atoms with E-state index in [-0.39, 0.29) is 23.9 Å². The van der Waals surface area contributed by atoms with Crippen molar-refractivity contribution in [2.75, 3.05) is 6.61 Å². The van der Waals surface area contributed by atoms with E-state index in [1.54, 1.807) is 36.7 Å². The summed E-state index contributed by atoms with van der Waals surface area (Å²) in [5, 5.41) is 0.500. The van der Waals surface area contributed by atoms with E-state index < -0.39 is 5.82 Å². The van der Waals surface area contributed by atoms with Gasteiger partial charge in [0.05, 0.1) is 18.4 Å². The fourth-order valence-electron chi connectivity index (χ4n) is 4.87. The third-order valence-electron chi connectivity index (χ3n) is 6.36. The molecule has 8 heteroatoms. The number of carbonyl (C=O) groups excluding carboxylic acids is 1. The van der Waals surface area contributed by atoms with Crippen LogP contribution in [0.1, 0.15) is 36.0 Å². The van der Waals surface area contributed by atoms with Crippen molar-refractivity contribution in [2.45, 2.75) is 37.8 Å². The van der Waals surface area contributed by atoms with Crippen LogP contribution in [0.25, 0.3) is 11.4 Å². The van der Waals surface area contributed by atoms with Crippen molar-refractivity contribution >= 4 is 17.5 Å². The number of ether oxygens (including phenoxy) is 1. The summed E-state index contributed by atoms with van der Waals surface area (Å²) >= 11 is 6.27. The SMILES string of the molecule is O=C(c1cc(Cl)ccc1-c1ncccn1)N1C2CCC1[C@@H](COc1ccc(F)cn1)CC2. The first-order chi connectivity index (χ1) is 15.6. The molecule has 1 aromatic carbocycles. The minimum atomic E-state index is -0.398. The number of benzene rings is 1. The van der Waals surface area contributed by atoms with Crippen LogP contribution in [0.4, 0.5) is 4.39 Å². The van der Waals surface area contributed by atoms with Crippen LogP contribution >= 0.6 is 11.6 Å². The number of carbonyl (C=O) groups is 1. The molecule has 4 heterocycles. The van der Waals surface area contributed by atoms with E-state index in [1.807, 2.05) is 4.90 Å². The standard InChI is InChI=1S/C24H22ClFN4O2/c25-16-3-7-19(23-27-10-1-11-28-23)20(12-16)24(31)30-18-5-2-15(21(30)8-6-18)14-32-22-9-4-17(26)13-29-22/h1,3-4,7,9-13,15,18,21H,2,5-6,8,14H2/t15-,18?,21?/m1/s1. The number of nitrogens with zero attached hydrogens (tertiary/aromatic N) is 4. The van der Waals surface area contributed by atoms with Gasteiger partial charge in [-0.25, -0.2) is 19.3 Å². The number of aromatic nitrogens is 3. The Labute approximate surface area is 190 Å². The van der Waals surface area contributed by atoms with Gasteiger partial charge in [0.2, 0.25) is 5.88 Å². The highest BCUT2D eigenvalue weighted by Gasteiger charge is 2.45. The van der Waals surface area contributed by atoms with Crippen LogP contribution in [-0.2, 0) is 0 Å². The monoisotopic (exact) mass is 452 g/mol. The molecule has 2 unspecified atom stereocenters. The van der Waals surface area contributed by atoms with Crippen molar-refractivity contribution in [3.8, 4) is 17.3 Å². The van der Waals surface area contributed by atoms with Crippen LogP contribution in [-0.4, -0.2) is 44.4 Å². The Hall–Kier alpha value is -3.06. The summed E-state index contributed by atoms with van der Waals surface area (Å²) in [5.74, 6) is 0.624. The summed E-state index contributed by atoms with van der Waals surface area (Å²) in [6, 6.07) is 10.1. The molecule has 2 aliphatic rings. The Kier molecular flexibility index (Phi) is 5.74. The Morgan fingerprint density at radius 3 is 2.69 bits per heavy atom. The molecule has 0 N–H and O–H groups in total. The third kappa shape index (κ3) is 4.05. The van der Waals surface area contributed by atoms with E-state index in [2.05, 4.69) is 15.0 Å². The zero-order valence-corrected chi connectivity index (χ0v) is 18.1. The molecule has 2 aromatic heterocycles. The fraction of sp³-hybridized carbons (Fsp3) is 0.333. The summed E-state index contributed by atoms with van der Waals surface area (Å²) in [6.07, 6.45) is 8.26. The van der Waals surface area contributed by atoms with Crippen molar-refractivity contribution in [2.24, 2.45) is 5.92 Å². The summed E-state index contributed by atoms with van der Waals surface area (Å²) in [7, 11) is 0. The molecular formula is C24H22ClFN4O2. The van der Waals surface area contributed by atoms with Gasteiger partial charge in [0.1, 0.15) is 5.82 Å². The van der Waals surface area contributed by atoms with E-state index in [9.17, 15) is 9.18 Å². The maximum atomic E-state index is 13.8. The van der Waals surface area contributed by atoms with Crippen LogP contribution in [0, 0.1) is 11.7 Å². The van der Waals surface area contributed by atoms with Crippen molar-refractivity contribution in [3.63, 3.8) is 0 Å². The first-order valence-electron chi connectivity index (χ1n) is 10.7. The molecule has 164 valence electrons. The first kappa shape index (κ1) is 20.8. The van der Waals surface area contributed by atoms with Gasteiger partial charge in [0, 0.05) is 47.0 Å². The van der Waals surface area contributed by atoms with Crippen molar-refractivity contribution in [1.82, 2.24) is 19.9 Å². The fourth-order valence-corrected chi connectivity index (χ4v) is 5.05. The van der Waals surface area contributed by atoms with E-state index in [1.165, 1.54) is 12.1 Å². The number of fused-ring (bicyclic) bond motifs is 2. The molecule has 6 nitrogen and oxygen atoms in total. The molecule has 2 bridgehead atoms. The predicted molar refractivity (Wildman–Crippen MR) is 118 cm³/mol. The molecule has 3 atom stereocenters. The lowest BCUT2D eigenvalue weighted by Crippen LogP contribution is -2.49. The van der Waals surface area contributed by atoms with Crippen molar-refractivity contribution < 1.29 is 13.9 Å². The van der Waals surface area contributed by atoms with Gasteiger partial charge in [-0.05, 0) is 56.0 Å². The lowest BCUT2D eigenvalue weighted by molar-refractivity contribution is 0.0403. The summed E-state index contributed by atoms with van der Waals surface area (Å²) in [4.78, 5) is 28.4. The number of piperidine rings is 1. The minimum Gasteiger partial charge on any atom is -0.477 e. The van der Waals surface area contributed by atoms with Crippen LogP contribution in [0.2, 0.25) is 5.02 Å².